The standard InChI is InChI=1S/C8H15NO/c1-7(5-6-9)10-8(2,3)4/h5-6,9H,1-4H3/b7-5+,9-6?. The Balaban J connectivity index is 3.91. The van der Waals surface area contributed by atoms with E-state index in [4.69, 9.17) is 10.1 Å². The van der Waals surface area contributed by atoms with E-state index in [0.29, 0.717) is 0 Å². The number of nitrogens with one attached hydrogen (secondary N) is 1. The number of ether oxygens (including phenoxy) is 1. The largest absolute Gasteiger partial charge is 0.493 e. The molecular formula is C8H15NO. The SMILES string of the molecule is C/C(=C\C=N)OC(C)(C)C. The minimum Gasteiger partial charge on any atom is -0.493 e. The molecule has 1 N–H and O–H groups in total. The molecule has 0 aromatic heterocycles. The molecule has 0 bridgehead atoms. The van der Waals surface area contributed by atoms with Crippen LogP contribution < -0.4 is 0 Å². The van der Waals surface area contributed by atoms with Gasteiger partial charge in [0.2, 0.25) is 0 Å². The zero-order chi connectivity index (χ0) is 8.20. The molecule has 58 valence electrons. The first-order chi connectivity index (χ1) is 4.45. The van der Waals surface area contributed by atoms with E-state index in [1.165, 1.54) is 6.21 Å². The Kier molecular flexibility index (Phi) is 3.13. The number of hydrogen-bond acceptors (Lipinski definition) is 2. The van der Waals surface area contributed by atoms with E-state index >= 15 is 0 Å². The molecule has 10 heavy (non-hydrogen) atoms. The van der Waals surface area contributed by atoms with E-state index in [2.05, 4.69) is 0 Å². The molecule has 0 aliphatic carbocycles. The van der Waals surface area contributed by atoms with Gasteiger partial charge in [-0.15, -0.1) is 0 Å². The topological polar surface area (TPSA) is 33.1 Å². The molecule has 0 atom stereocenters. The van der Waals surface area contributed by atoms with Gasteiger partial charge in [0.25, 0.3) is 0 Å². The molecule has 0 aromatic carbocycles. The van der Waals surface area contributed by atoms with Crippen molar-refractivity contribution in [2.45, 2.75) is 33.3 Å². The molecule has 0 spiro atoms. The number of allylic oxidation sites excluding steroid dienone is 2. The highest BCUT2D eigenvalue weighted by molar-refractivity contribution is 5.68. The van der Waals surface area contributed by atoms with Crippen LogP contribution in [0.4, 0.5) is 0 Å². The van der Waals surface area contributed by atoms with Crippen LogP contribution in [0.5, 0.6) is 0 Å². The molecule has 0 saturated heterocycles. The molecule has 2 nitrogen and oxygen atoms in total. The van der Waals surface area contributed by atoms with Crippen molar-refractivity contribution in [1.29, 1.82) is 5.41 Å². The van der Waals surface area contributed by atoms with Crippen molar-refractivity contribution < 1.29 is 4.74 Å². The minimum atomic E-state index is -0.149. The maximum Gasteiger partial charge on any atom is 0.100 e. The molecule has 0 unspecified atom stereocenters. The Labute approximate surface area is 62.4 Å². The summed E-state index contributed by atoms with van der Waals surface area (Å²) >= 11 is 0. The summed E-state index contributed by atoms with van der Waals surface area (Å²) in [6, 6.07) is 0. The predicted octanol–water partition coefficient (Wildman–Crippen LogP) is 2.35. The summed E-state index contributed by atoms with van der Waals surface area (Å²) < 4.78 is 5.39. The Morgan fingerprint density at radius 1 is 1.40 bits per heavy atom. The van der Waals surface area contributed by atoms with Crippen molar-refractivity contribution in [1.82, 2.24) is 0 Å². The van der Waals surface area contributed by atoms with Crippen molar-refractivity contribution in [3.8, 4) is 0 Å². The molecule has 0 radical (unpaired) electrons. The highest BCUT2D eigenvalue weighted by Gasteiger charge is 2.09. The summed E-state index contributed by atoms with van der Waals surface area (Å²) in [6.45, 7) is 7.78. The molecular weight excluding hydrogens is 126 g/mol. The second-order valence-corrected chi connectivity index (χ2v) is 3.16. The lowest BCUT2D eigenvalue weighted by atomic mass is 10.2. The molecule has 0 aliphatic rings. The molecule has 0 heterocycles. The van der Waals surface area contributed by atoms with Crippen LogP contribution in [-0.4, -0.2) is 11.8 Å². The zero-order valence-electron chi connectivity index (χ0n) is 7.06. The van der Waals surface area contributed by atoms with Gasteiger partial charge in [-0.25, -0.2) is 0 Å². The summed E-state index contributed by atoms with van der Waals surface area (Å²) in [5, 5.41) is 6.76. The number of rotatable bonds is 2. The van der Waals surface area contributed by atoms with Crippen molar-refractivity contribution in [2.75, 3.05) is 0 Å². The van der Waals surface area contributed by atoms with Crippen molar-refractivity contribution in [2.24, 2.45) is 0 Å². The summed E-state index contributed by atoms with van der Waals surface area (Å²) in [7, 11) is 0. The monoisotopic (exact) mass is 141 g/mol. The predicted molar refractivity (Wildman–Crippen MR) is 43.4 cm³/mol. The second kappa shape index (κ2) is 3.40. The zero-order valence-corrected chi connectivity index (χ0v) is 7.06. The molecule has 0 saturated carbocycles. The van der Waals surface area contributed by atoms with E-state index in [9.17, 15) is 0 Å². The first-order valence-electron chi connectivity index (χ1n) is 3.32. The average molecular weight is 141 g/mol. The average Bonchev–Trinajstić information content (AvgIpc) is 1.59. The van der Waals surface area contributed by atoms with E-state index in [1.54, 1.807) is 6.08 Å². The summed E-state index contributed by atoms with van der Waals surface area (Å²) in [6.07, 6.45) is 2.85. The van der Waals surface area contributed by atoms with Crippen molar-refractivity contribution in [3.63, 3.8) is 0 Å². The Hall–Kier alpha value is -0.790. The molecule has 0 aliphatic heterocycles. The van der Waals surface area contributed by atoms with E-state index < -0.39 is 0 Å². The Morgan fingerprint density at radius 3 is 2.20 bits per heavy atom. The smallest absolute Gasteiger partial charge is 0.100 e. The van der Waals surface area contributed by atoms with Gasteiger partial charge in [-0.1, -0.05) is 0 Å². The maximum absolute atomic E-state index is 6.76. The van der Waals surface area contributed by atoms with Crippen molar-refractivity contribution >= 4 is 6.21 Å². The van der Waals surface area contributed by atoms with Crippen LogP contribution in [-0.2, 0) is 4.74 Å². The first-order valence-corrected chi connectivity index (χ1v) is 3.32. The third kappa shape index (κ3) is 5.35. The summed E-state index contributed by atoms with van der Waals surface area (Å²) in [5.41, 5.74) is -0.149. The van der Waals surface area contributed by atoms with Crippen LogP contribution in [0.1, 0.15) is 27.7 Å². The highest BCUT2D eigenvalue weighted by Crippen LogP contribution is 2.11. The summed E-state index contributed by atoms with van der Waals surface area (Å²) in [5.74, 6) is 0.780. The fourth-order valence-electron chi connectivity index (χ4n) is 0.634. The normalized spacial score (nSPS) is 13.0. The van der Waals surface area contributed by atoms with Gasteiger partial charge < -0.3 is 10.1 Å². The van der Waals surface area contributed by atoms with Gasteiger partial charge in [0.15, 0.2) is 0 Å². The fourth-order valence-corrected chi connectivity index (χ4v) is 0.634. The lowest BCUT2D eigenvalue weighted by Crippen LogP contribution is -2.17. The Morgan fingerprint density at radius 2 is 1.90 bits per heavy atom. The van der Waals surface area contributed by atoms with Crippen molar-refractivity contribution in [3.05, 3.63) is 11.8 Å². The van der Waals surface area contributed by atoms with Gasteiger partial charge in [-0.3, -0.25) is 0 Å². The van der Waals surface area contributed by atoms with E-state index in [0.717, 1.165) is 5.76 Å². The van der Waals surface area contributed by atoms with Gasteiger partial charge in [-0.05, 0) is 33.8 Å². The third-order valence-electron chi connectivity index (χ3n) is 0.785. The van der Waals surface area contributed by atoms with E-state index in [-0.39, 0.29) is 5.60 Å². The van der Waals surface area contributed by atoms with Crippen LogP contribution in [0.15, 0.2) is 11.8 Å². The van der Waals surface area contributed by atoms with Gasteiger partial charge >= 0.3 is 0 Å². The maximum atomic E-state index is 6.76. The van der Waals surface area contributed by atoms with Crippen LogP contribution in [0, 0.1) is 5.41 Å². The first kappa shape index (κ1) is 9.21. The fraction of sp³-hybridized carbons (Fsp3) is 0.625. The second-order valence-electron chi connectivity index (χ2n) is 3.16. The van der Waals surface area contributed by atoms with Crippen LogP contribution in [0.25, 0.3) is 0 Å². The Bertz CT molecular complexity index is 142. The molecule has 2 heteroatoms. The lowest BCUT2D eigenvalue weighted by Gasteiger charge is -2.21. The van der Waals surface area contributed by atoms with Crippen LogP contribution in [0.3, 0.4) is 0 Å². The summed E-state index contributed by atoms with van der Waals surface area (Å²) in [4.78, 5) is 0. The molecule has 0 rings (SSSR count). The highest BCUT2D eigenvalue weighted by atomic mass is 16.5. The number of hydrogen-bond donors (Lipinski definition) is 1. The molecule has 0 fully saturated rings. The lowest BCUT2D eigenvalue weighted by molar-refractivity contribution is 0.0538. The minimum absolute atomic E-state index is 0.149. The van der Waals surface area contributed by atoms with Gasteiger partial charge in [0.1, 0.15) is 5.60 Å². The molecule has 0 aromatic rings. The van der Waals surface area contributed by atoms with Crippen LogP contribution in [0.2, 0.25) is 0 Å². The molecule has 0 amide bonds. The van der Waals surface area contributed by atoms with Gasteiger partial charge in [0.05, 0.1) is 5.76 Å². The van der Waals surface area contributed by atoms with Gasteiger partial charge in [0, 0.05) is 6.21 Å². The quantitative estimate of drug-likeness (QED) is 0.464. The van der Waals surface area contributed by atoms with Crippen LogP contribution >= 0.6 is 0 Å². The van der Waals surface area contributed by atoms with E-state index in [1.807, 2.05) is 27.7 Å². The van der Waals surface area contributed by atoms with Gasteiger partial charge in [-0.2, -0.15) is 0 Å². The third-order valence-corrected chi connectivity index (χ3v) is 0.785.